The molecule has 5 nitrogen and oxygen atoms in total. The van der Waals surface area contributed by atoms with Gasteiger partial charge in [0.1, 0.15) is 17.5 Å². The van der Waals surface area contributed by atoms with E-state index < -0.39 is 0 Å². The molecule has 0 saturated carbocycles. The molecule has 0 aliphatic carbocycles. The predicted octanol–water partition coefficient (Wildman–Crippen LogP) is 3.32. The summed E-state index contributed by atoms with van der Waals surface area (Å²) in [5, 5.41) is 3.24. The maximum atomic E-state index is 11.9. The van der Waals surface area contributed by atoms with Crippen molar-refractivity contribution in [2.45, 2.75) is 13.0 Å². The Labute approximate surface area is 132 Å². The third-order valence-electron chi connectivity index (χ3n) is 2.64. The van der Waals surface area contributed by atoms with E-state index in [0.717, 1.165) is 5.76 Å². The molecular formula is C14H14Cl2N2O3. The molecule has 0 fully saturated rings. The summed E-state index contributed by atoms with van der Waals surface area (Å²) in [6.45, 7) is 1.42. The minimum Gasteiger partial charge on any atom is -0.467 e. The summed E-state index contributed by atoms with van der Waals surface area (Å²) in [5.41, 5.74) is 0.313. The lowest BCUT2D eigenvalue weighted by Gasteiger charge is -2.07. The van der Waals surface area contributed by atoms with E-state index in [-0.39, 0.29) is 16.1 Å². The van der Waals surface area contributed by atoms with Crippen molar-refractivity contribution in [2.75, 3.05) is 13.2 Å². The highest BCUT2D eigenvalue weighted by Gasteiger charge is 2.10. The number of pyridine rings is 1. The van der Waals surface area contributed by atoms with Gasteiger partial charge in [-0.3, -0.25) is 4.79 Å². The molecule has 0 atom stereocenters. The molecule has 0 aliphatic rings. The number of nitrogens with zero attached hydrogens (tertiary/aromatic N) is 1. The van der Waals surface area contributed by atoms with E-state index in [2.05, 4.69) is 10.3 Å². The fourth-order valence-corrected chi connectivity index (χ4v) is 1.97. The summed E-state index contributed by atoms with van der Waals surface area (Å²) in [5.74, 6) is 0.493. The maximum Gasteiger partial charge on any atom is 0.252 e. The lowest BCUT2D eigenvalue weighted by Crippen LogP contribution is -2.25. The Balaban J connectivity index is 1.66. The van der Waals surface area contributed by atoms with Crippen LogP contribution < -0.4 is 5.32 Å². The Morgan fingerprint density at radius 1 is 1.43 bits per heavy atom. The molecule has 0 aromatic carbocycles. The van der Waals surface area contributed by atoms with Gasteiger partial charge in [-0.2, -0.15) is 0 Å². The summed E-state index contributed by atoms with van der Waals surface area (Å²) in [6.07, 6.45) is 3.64. The average Bonchev–Trinajstić information content (AvgIpc) is 2.98. The number of nitrogens with one attached hydrogen (secondary N) is 1. The Hall–Kier alpha value is -1.56. The van der Waals surface area contributed by atoms with Gasteiger partial charge in [-0.15, -0.1) is 0 Å². The highest BCUT2D eigenvalue weighted by Crippen LogP contribution is 2.17. The Bertz CT molecular complexity index is 588. The van der Waals surface area contributed by atoms with E-state index in [1.165, 1.54) is 12.3 Å². The fraction of sp³-hybridized carbons (Fsp3) is 0.286. The molecule has 0 bridgehead atoms. The summed E-state index contributed by atoms with van der Waals surface area (Å²) < 4.78 is 10.5. The van der Waals surface area contributed by atoms with Gasteiger partial charge in [0, 0.05) is 19.3 Å². The summed E-state index contributed by atoms with van der Waals surface area (Å²) in [4.78, 5) is 15.7. The molecule has 21 heavy (non-hydrogen) atoms. The minimum absolute atomic E-state index is 0.228. The third kappa shape index (κ3) is 5.04. The van der Waals surface area contributed by atoms with Crippen LogP contribution in [0.15, 0.2) is 35.1 Å². The van der Waals surface area contributed by atoms with Crippen LogP contribution >= 0.6 is 23.2 Å². The lowest BCUT2D eigenvalue weighted by atomic mass is 10.2. The number of rotatable bonds is 7. The first-order valence-corrected chi connectivity index (χ1v) is 7.12. The molecule has 2 rings (SSSR count). The van der Waals surface area contributed by atoms with E-state index in [1.807, 2.05) is 12.1 Å². The smallest absolute Gasteiger partial charge is 0.252 e. The molecule has 1 amide bonds. The number of ether oxygens (including phenoxy) is 1. The first kappa shape index (κ1) is 15.8. The van der Waals surface area contributed by atoms with Crippen molar-refractivity contribution in [3.8, 4) is 0 Å². The van der Waals surface area contributed by atoms with Crippen LogP contribution in [0.1, 0.15) is 22.5 Å². The molecule has 0 spiro atoms. The fourth-order valence-electron chi connectivity index (χ4n) is 1.63. The Kier molecular flexibility index (Phi) is 6.04. The molecule has 0 radical (unpaired) electrons. The van der Waals surface area contributed by atoms with Crippen LogP contribution in [0.5, 0.6) is 0 Å². The van der Waals surface area contributed by atoms with Gasteiger partial charge in [0.15, 0.2) is 0 Å². The second-order valence-electron chi connectivity index (χ2n) is 4.23. The van der Waals surface area contributed by atoms with Crippen molar-refractivity contribution in [1.82, 2.24) is 10.3 Å². The Morgan fingerprint density at radius 2 is 2.29 bits per heavy atom. The number of halogens is 2. The number of amides is 1. The number of furan rings is 1. The molecule has 112 valence electrons. The average molecular weight is 329 g/mol. The molecule has 0 aliphatic heterocycles. The van der Waals surface area contributed by atoms with Crippen molar-refractivity contribution in [3.05, 3.63) is 52.2 Å². The summed E-state index contributed by atoms with van der Waals surface area (Å²) >= 11 is 11.6. The molecule has 2 aromatic heterocycles. The van der Waals surface area contributed by atoms with E-state index >= 15 is 0 Å². The SMILES string of the molecule is O=C(NCCCOCc1ccco1)c1cc(Cl)ncc1Cl. The number of hydrogen-bond acceptors (Lipinski definition) is 4. The lowest BCUT2D eigenvalue weighted by molar-refractivity contribution is 0.0917. The number of carbonyl (C=O) groups excluding carboxylic acids is 1. The van der Waals surface area contributed by atoms with E-state index in [0.29, 0.717) is 31.7 Å². The summed E-state index contributed by atoms with van der Waals surface area (Å²) in [7, 11) is 0. The number of hydrogen-bond donors (Lipinski definition) is 1. The zero-order valence-corrected chi connectivity index (χ0v) is 12.7. The van der Waals surface area contributed by atoms with Crippen molar-refractivity contribution < 1.29 is 13.9 Å². The highest BCUT2D eigenvalue weighted by atomic mass is 35.5. The van der Waals surface area contributed by atoms with Crippen LogP contribution in [0.25, 0.3) is 0 Å². The van der Waals surface area contributed by atoms with Crippen LogP contribution in [-0.2, 0) is 11.3 Å². The van der Waals surface area contributed by atoms with E-state index in [4.69, 9.17) is 32.4 Å². The van der Waals surface area contributed by atoms with Gasteiger partial charge in [0.05, 0.1) is 16.8 Å². The predicted molar refractivity (Wildman–Crippen MR) is 79.6 cm³/mol. The molecule has 2 heterocycles. The summed E-state index contributed by atoms with van der Waals surface area (Å²) in [6, 6.07) is 5.09. The largest absolute Gasteiger partial charge is 0.467 e. The van der Waals surface area contributed by atoms with Gasteiger partial charge in [0.25, 0.3) is 5.91 Å². The molecule has 0 unspecified atom stereocenters. The maximum absolute atomic E-state index is 11.9. The van der Waals surface area contributed by atoms with Crippen LogP contribution in [0.3, 0.4) is 0 Å². The zero-order chi connectivity index (χ0) is 15.1. The van der Waals surface area contributed by atoms with E-state index in [9.17, 15) is 4.79 Å². The standard InChI is InChI=1S/C14H14Cl2N2O3/c15-12-8-18-13(16)7-11(12)14(19)17-4-2-5-20-9-10-3-1-6-21-10/h1,3,6-8H,2,4-5,9H2,(H,17,19). The Morgan fingerprint density at radius 3 is 3.05 bits per heavy atom. The molecule has 0 saturated heterocycles. The van der Waals surface area contributed by atoms with Crippen molar-refractivity contribution >= 4 is 29.1 Å². The van der Waals surface area contributed by atoms with Crippen LogP contribution in [0, 0.1) is 0 Å². The normalized spacial score (nSPS) is 10.6. The second-order valence-corrected chi connectivity index (χ2v) is 5.02. The quantitative estimate of drug-likeness (QED) is 0.625. The van der Waals surface area contributed by atoms with E-state index in [1.54, 1.807) is 6.26 Å². The van der Waals surface area contributed by atoms with Gasteiger partial charge in [0.2, 0.25) is 0 Å². The van der Waals surface area contributed by atoms with Gasteiger partial charge in [-0.1, -0.05) is 23.2 Å². The first-order valence-electron chi connectivity index (χ1n) is 6.36. The second kappa shape index (κ2) is 8.02. The third-order valence-corrected chi connectivity index (χ3v) is 3.15. The topological polar surface area (TPSA) is 64.4 Å². The van der Waals surface area contributed by atoms with Gasteiger partial charge < -0.3 is 14.5 Å². The molecule has 7 heteroatoms. The highest BCUT2D eigenvalue weighted by molar-refractivity contribution is 6.35. The molecular weight excluding hydrogens is 315 g/mol. The minimum atomic E-state index is -0.282. The van der Waals surface area contributed by atoms with Gasteiger partial charge >= 0.3 is 0 Å². The van der Waals surface area contributed by atoms with Crippen LogP contribution in [0.4, 0.5) is 0 Å². The van der Waals surface area contributed by atoms with Gasteiger partial charge in [-0.25, -0.2) is 4.98 Å². The zero-order valence-electron chi connectivity index (χ0n) is 11.1. The monoisotopic (exact) mass is 328 g/mol. The van der Waals surface area contributed by atoms with Crippen LogP contribution in [-0.4, -0.2) is 24.0 Å². The van der Waals surface area contributed by atoms with Crippen LogP contribution in [0.2, 0.25) is 10.2 Å². The van der Waals surface area contributed by atoms with Crippen molar-refractivity contribution in [1.29, 1.82) is 0 Å². The molecule has 1 N–H and O–H groups in total. The van der Waals surface area contributed by atoms with Gasteiger partial charge in [-0.05, 0) is 24.6 Å². The molecule has 2 aromatic rings. The number of carbonyl (C=O) groups is 1. The van der Waals surface area contributed by atoms with Crippen molar-refractivity contribution in [2.24, 2.45) is 0 Å². The number of aromatic nitrogens is 1. The van der Waals surface area contributed by atoms with Crippen molar-refractivity contribution in [3.63, 3.8) is 0 Å². The first-order chi connectivity index (χ1) is 10.2.